The van der Waals surface area contributed by atoms with E-state index in [2.05, 4.69) is 6.07 Å². The molecule has 21 heavy (non-hydrogen) atoms. The van der Waals surface area contributed by atoms with Crippen LogP contribution in [0.3, 0.4) is 0 Å². The van der Waals surface area contributed by atoms with Gasteiger partial charge in [0.05, 0.1) is 6.61 Å². The monoisotopic (exact) mass is 290 g/mol. The van der Waals surface area contributed by atoms with Crippen LogP contribution in [0, 0.1) is 5.92 Å². The number of hydrogen-bond acceptors (Lipinski definition) is 4. The van der Waals surface area contributed by atoms with Crippen molar-refractivity contribution in [3.8, 4) is 5.75 Å². The maximum atomic E-state index is 11.4. The molecular weight excluding hydrogens is 268 g/mol. The normalized spacial score (nSPS) is 17.0. The minimum absolute atomic E-state index is 0.0544. The van der Waals surface area contributed by atoms with Gasteiger partial charge in [0.2, 0.25) is 0 Å². The first-order valence-electron chi connectivity index (χ1n) is 7.48. The van der Waals surface area contributed by atoms with Gasteiger partial charge < -0.3 is 14.3 Å². The lowest BCUT2D eigenvalue weighted by atomic mass is 9.81. The molecule has 1 aromatic carbocycles. The minimum Gasteiger partial charge on any atom is -0.482 e. The molecular formula is C17H22O4. The zero-order chi connectivity index (χ0) is 15.2. The van der Waals surface area contributed by atoms with E-state index in [1.165, 1.54) is 11.1 Å². The van der Waals surface area contributed by atoms with E-state index in [0.29, 0.717) is 18.9 Å². The molecule has 114 valence electrons. The summed E-state index contributed by atoms with van der Waals surface area (Å²) in [5, 5.41) is 0. The number of benzene rings is 1. The lowest BCUT2D eigenvalue weighted by Gasteiger charge is -2.25. The summed E-state index contributed by atoms with van der Waals surface area (Å²) in [7, 11) is 0. The van der Waals surface area contributed by atoms with Crippen molar-refractivity contribution in [1.82, 2.24) is 0 Å². The topological polar surface area (TPSA) is 52.6 Å². The minimum atomic E-state index is -0.347. The molecule has 0 bridgehead atoms. The van der Waals surface area contributed by atoms with Crippen LogP contribution < -0.4 is 4.74 Å². The number of carbonyl (C=O) groups excluding carboxylic acids is 2. The first-order chi connectivity index (χ1) is 10.1. The molecule has 0 spiro atoms. The summed E-state index contributed by atoms with van der Waals surface area (Å²) < 4.78 is 10.5. The van der Waals surface area contributed by atoms with Gasteiger partial charge in [-0.25, -0.2) is 4.79 Å². The van der Waals surface area contributed by atoms with Crippen LogP contribution in [0.2, 0.25) is 0 Å². The maximum absolute atomic E-state index is 11.4. The third-order valence-electron chi connectivity index (χ3n) is 3.77. The van der Waals surface area contributed by atoms with E-state index in [0.717, 1.165) is 25.0 Å². The Bertz CT molecular complexity index is 522. The van der Waals surface area contributed by atoms with Crippen LogP contribution in [0.5, 0.6) is 5.75 Å². The highest BCUT2D eigenvalue weighted by Gasteiger charge is 2.22. The van der Waals surface area contributed by atoms with Gasteiger partial charge in [-0.15, -0.1) is 0 Å². The second-order valence-electron chi connectivity index (χ2n) is 5.50. The second-order valence-corrected chi connectivity index (χ2v) is 5.50. The van der Waals surface area contributed by atoms with Crippen molar-refractivity contribution in [2.24, 2.45) is 5.92 Å². The molecule has 0 N–H and O–H groups in total. The molecule has 2 rings (SSSR count). The van der Waals surface area contributed by atoms with Crippen molar-refractivity contribution in [2.75, 3.05) is 13.2 Å². The van der Waals surface area contributed by atoms with Crippen LogP contribution in [0.1, 0.15) is 37.8 Å². The number of Topliss-reactive ketones (excluding diaryl/α,β-unsaturated/α-hetero) is 1. The molecule has 0 heterocycles. The second kappa shape index (κ2) is 7.25. The third-order valence-corrected chi connectivity index (χ3v) is 3.77. The van der Waals surface area contributed by atoms with E-state index in [9.17, 15) is 9.59 Å². The van der Waals surface area contributed by atoms with Crippen LogP contribution in [-0.4, -0.2) is 25.0 Å². The molecule has 0 saturated heterocycles. The zero-order valence-corrected chi connectivity index (χ0v) is 12.7. The predicted octanol–water partition coefficient (Wildman–Crippen LogP) is 2.71. The Morgan fingerprint density at radius 2 is 2.14 bits per heavy atom. The van der Waals surface area contributed by atoms with Crippen molar-refractivity contribution in [3.63, 3.8) is 0 Å². The highest BCUT2D eigenvalue weighted by molar-refractivity contribution is 5.75. The molecule has 4 heteroatoms. The fourth-order valence-electron chi connectivity index (χ4n) is 2.90. The lowest BCUT2D eigenvalue weighted by Crippen LogP contribution is -2.19. The van der Waals surface area contributed by atoms with Gasteiger partial charge in [0.15, 0.2) is 6.61 Å². The standard InChI is InChI=1S/C17H22O4/c1-3-20-17(19)11-21-16-6-4-5-14-10-13(9-12(2)18)7-8-15(14)16/h4-6,13H,3,7-11H2,1-2H3. The highest BCUT2D eigenvalue weighted by Crippen LogP contribution is 2.33. The molecule has 0 aromatic heterocycles. The lowest BCUT2D eigenvalue weighted by molar-refractivity contribution is -0.145. The molecule has 4 nitrogen and oxygen atoms in total. The maximum Gasteiger partial charge on any atom is 0.344 e. The summed E-state index contributed by atoms with van der Waals surface area (Å²) in [6, 6.07) is 5.91. The van der Waals surface area contributed by atoms with E-state index in [1.54, 1.807) is 13.8 Å². The SMILES string of the molecule is CCOC(=O)COc1cccc2c1CCC(CC(C)=O)C2. The zero-order valence-electron chi connectivity index (χ0n) is 12.7. The molecule has 1 aliphatic rings. The van der Waals surface area contributed by atoms with Crippen LogP contribution in [0.4, 0.5) is 0 Å². The Kier molecular flexibility index (Phi) is 5.37. The number of hydrogen-bond donors (Lipinski definition) is 0. The largest absolute Gasteiger partial charge is 0.482 e. The van der Waals surface area contributed by atoms with E-state index in [-0.39, 0.29) is 18.4 Å². The molecule has 0 fully saturated rings. The van der Waals surface area contributed by atoms with Crippen molar-refractivity contribution in [1.29, 1.82) is 0 Å². The van der Waals surface area contributed by atoms with E-state index < -0.39 is 0 Å². The summed E-state index contributed by atoms with van der Waals surface area (Å²) in [4.78, 5) is 22.6. The third kappa shape index (κ3) is 4.31. The van der Waals surface area contributed by atoms with Crippen molar-refractivity contribution in [2.45, 2.75) is 39.5 Å². The van der Waals surface area contributed by atoms with Gasteiger partial charge in [0, 0.05) is 6.42 Å². The Morgan fingerprint density at radius 3 is 2.86 bits per heavy atom. The van der Waals surface area contributed by atoms with Gasteiger partial charge in [-0.1, -0.05) is 12.1 Å². The van der Waals surface area contributed by atoms with Crippen molar-refractivity contribution >= 4 is 11.8 Å². The van der Waals surface area contributed by atoms with Crippen LogP contribution in [0.25, 0.3) is 0 Å². The van der Waals surface area contributed by atoms with Gasteiger partial charge in [0.1, 0.15) is 11.5 Å². The Morgan fingerprint density at radius 1 is 1.33 bits per heavy atom. The number of ether oxygens (including phenoxy) is 2. The fourth-order valence-corrected chi connectivity index (χ4v) is 2.90. The van der Waals surface area contributed by atoms with Gasteiger partial charge >= 0.3 is 5.97 Å². The van der Waals surface area contributed by atoms with Gasteiger partial charge in [-0.2, -0.15) is 0 Å². The first kappa shape index (κ1) is 15.5. The van der Waals surface area contributed by atoms with E-state index >= 15 is 0 Å². The number of rotatable bonds is 6. The molecule has 0 radical (unpaired) electrons. The number of fused-ring (bicyclic) bond motifs is 1. The van der Waals surface area contributed by atoms with E-state index in [1.807, 2.05) is 12.1 Å². The molecule has 1 unspecified atom stereocenters. The predicted molar refractivity (Wildman–Crippen MR) is 79.4 cm³/mol. The van der Waals surface area contributed by atoms with Crippen LogP contribution >= 0.6 is 0 Å². The summed E-state index contributed by atoms with van der Waals surface area (Å²) in [5.74, 6) is 1.09. The molecule has 1 aromatic rings. The van der Waals surface area contributed by atoms with Crippen LogP contribution in [0.15, 0.2) is 18.2 Å². The number of ketones is 1. The number of carbonyl (C=O) groups is 2. The Hall–Kier alpha value is -1.84. The average Bonchev–Trinajstić information content (AvgIpc) is 2.44. The fraction of sp³-hybridized carbons (Fsp3) is 0.529. The Labute approximate surface area is 125 Å². The molecule has 0 saturated carbocycles. The molecule has 1 atom stereocenters. The average molecular weight is 290 g/mol. The summed E-state index contributed by atoms with van der Waals surface area (Å²) in [6.45, 7) is 3.73. The summed E-state index contributed by atoms with van der Waals surface area (Å²) in [6.07, 6.45) is 3.44. The smallest absolute Gasteiger partial charge is 0.344 e. The molecule has 1 aliphatic carbocycles. The Balaban J connectivity index is 2.03. The van der Waals surface area contributed by atoms with E-state index in [4.69, 9.17) is 9.47 Å². The highest BCUT2D eigenvalue weighted by atomic mass is 16.6. The first-order valence-corrected chi connectivity index (χ1v) is 7.48. The molecule has 0 amide bonds. The van der Waals surface area contributed by atoms with Crippen molar-refractivity contribution < 1.29 is 19.1 Å². The molecule has 0 aliphatic heterocycles. The quantitative estimate of drug-likeness (QED) is 0.756. The van der Waals surface area contributed by atoms with Crippen LogP contribution in [-0.2, 0) is 27.2 Å². The van der Waals surface area contributed by atoms with Gasteiger partial charge in [0.25, 0.3) is 0 Å². The van der Waals surface area contributed by atoms with Crippen molar-refractivity contribution in [3.05, 3.63) is 29.3 Å². The number of esters is 1. The van der Waals surface area contributed by atoms with Gasteiger partial charge in [-0.05, 0) is 56.2 Å². The summed E-state index contributed by atoms with van der Waals surface area (Å²) in [5.41, 5.74) is 2.40. The van der Waals surface area contributed by atoms with Gasteiger partial charge in [-0.3, -0.25) is 0 Å². The summed E-state index contributed by atoms with van der Waals surface area (Å²) >= 11 is 0.